The Balaban J connectivity index is 5.24. The van der Waals surface area contributed by atoms with Gasteiger partial charge in [-0.25, -0.2) is 9.13 Å². The van der Waals surface area contributed by atoms with E-state index in [1.54, 1.807) is 0 Å². The molecule has 3 N–H and O–H groups in total. The molecule has 0 aliphatic carbocycles. The first-order valence-electron chi connectivity index (χ1n) is 38.5. The molecule has 0 aliphatic heterocycles. The number of phosphoric ester groups is 2. The Morgan fingerprint density at radius 2 is 0.495 bits per heavy atom. The lowest BCUT2D eigenvalue weighted by atomic mass is 10.0. The van der Waals surface area contributed by atoms with Crippen LogP contribution in [0, 0.1) is 11.8 Å². The van der Waals surface area contributed by atoms with Crippen molar-refractivity contribution < 1.29 is 80.2 Å². The van der Waals surface area contributed by atoms with E-state index in [2.05, 4.69) is 41.5 Å². The van der Waals surface area contributed by atoms with E-state index in [0.29, 0.717) is 25.7 Å². The van der Waals surface area contributed by atoms with E-state index in [-0.39, 0.29) is 25.7 Å². The summed E-state index contributed by atoms with van der Waals surface area (Å²) in [4.78, 5) is 72.7. The lowest BCUT2D eigenvalue weighted by Gasteiger charge is -2.21. The molecule has 0 fully saturated rings. The molecule has 0 radical (unpaired) electrons. The van der Waals surface area contributed by atoms with Crippen LogP contribution in [0.4, 0.5) is 0 Å². The minimum absolute atomic E-state index is 0.105. The molecule has 552 valence electrons. The number of hydrogen-bond donors (Lipinski definition) is 3. The summed E-state index contributed by atoms with van der Waals surface area (Å²) in [6.45, 7) is 9.56. The van der Waals surface area contributed by atoms with Crippen molar-refractivity contribution in [3.05, 3.63) is 0 Å². The third-order valence-electron chi connectivity index (χ3n) is 17.2. The molecular formula is C74H144O17P2. The predicted octanol–water partition coefficient (Wildman–Crippen LogP) is 21.6. The Bertz CT molecular complexity index is 1800. The number of esters is 4. The van der Waals surface area contributed by atoms with Crippen LogP contribution in [0.2, 0.25) is 0 Å². The lowest BCUT2D eigenvalue weighted by molar-refractivity contribution is -0.161. The first-order chi connectivity index (χ1) is 44.9. The molecule has 0 amide bonds. The van der Waals surface area contributed by atoms with Gasteiger partial charge in [0.05, 0.1) is 26.4 Å². The van der Waals surface area contributed by atoms with Gasteiger partial charge in [0.1, 0.15) is 19.3 Å². The summed E-state index contributed by atoms with van der Waals surface area (Å²) < 4.78 is 68.4. The molecule has 0 heterocycles. The summed E-state index contributed by atoms with van der Waals surface area (Å²) in [5.41, 5.74) is 0. The van der Waals surface area contributed by atoms with Crippen LogP contribution in [-0.4, -0.2) is 96.7 Å². The van der Waals surface area contributed by atoms with Gasteiger partial charge in [0.25, 0.3) is 0 Å². The maximum absolute atomic E-state index is 13.1. The fraction of sp³-hybridized carbons (Fsp3) is 0.946. The molecule has 0 spiro atoms. The molecule has 0 saturated heterocycles. The fourth-order valence-electron chi connectivity index (χ4n) is 11.3. The van der Waals surface area contributed by atoms with E-state index in [0.717, 1.165) is 102 Å². The normalized spacial score (nSPS) is 14.1. The Morgan fingerprint density at radius 3 is 0.731 bits per heavy atom. The average Bonchev–Trinajstić information content (AvgIpc) is 3.70. The summed E-state index contributed by atoms with van der Waals surface area (Å²) in [5.74, 6) is -0.604. The number of carbonyl (C=O) groups excluding carboxylic acids is 4. The van der Waals surface area contributed by atoms with Crippen LogP contribution >= 0.6 is 15.6 Å². The lowest BCUT2D eigenvalue weighted by Crippen LogP contribution is -2.30. The molecule has 2 unspecified atom stereocenters. The molecule has 0 aliphatic rings. The molecule has 0 aromatic rings. The van der Waals surface area contributed by atoms with E-state index in [4.69, 9.17) is 37.0 Å². The summed E-state index contributed by atoms with van der Waals surface area (Å²) in [7, 11) is -9.91. The molecule has 17 nitrogen and oxygen atoms in total. The Morgan fingerprint density at radius 1 is 0.290 bits per heavy atom. The van der Waals surface area contributed by atoms with Gasteiger partial charge >= 0.3 is 39.5 Å². The maximum Gasteiger partial charge on any atom is 0.472 e. The minimum atomic E-state index is -4.96. The average molecular weight is 1370 g/mol. The molecule has 19 heteroatoms. The van der Waals surface area contributed by atoms with Gasteiger partial charge in [0.2, 0.25) is 0 Å². The van der Waals surface area contributed by atoms with E-state index in [9.17, 15) is 43.2 Å². The second kappa shape index (κ2) is 66.0. The van der Waals surface area contributed by atoms with Gasteiger partial charge in [-0.05, 0) is 37.5 Å². The van der Waals surface area contributed by atoms with Crippen molar-refractivity contribution >= 4 is 39.5 Å². The van der Waals surface area contributed by atoms with Gasteiger partial charge in [-0.15, -0.1) is 0 Å². The van der Waals surface area contributed by atoms with Gasteiger partial charge < -0.3 is 33.8 Å². The summed E-state index contributed by atoms with van der Waals surface area (Å²) in [6.07, 6.45) is 52.6. The molecule has 0 rings (SSSR count). The highest BCUT2D eigenvalue weighted by Crippen LogP contribution is 2.45. The molecule has 93 heavy (non-hydrogen) atoms. The van der Waals surface area contributed by atoms with Crippen molar-refractivity contribution in [3.63, 3.8) is 0 Å². The van der Waals surface area contributed by atoms with Gasteiger partial charge in [-0.2, -0.15) is 0 Å². The summed E-state index contributed by atoms with van der Waals surface area (Å²) in [5, 5.41) is 10.6. The van der Waals surface area contributed by atoms with Crippen LogP contribution < -0.4 is 0 Å². The van der Waals surface area contributed by atoms with Gasteiger partial charge in [0.15, 0.2) is 12.2 Å². The zero-order valence-electron chi connectivity index (χ0n) is 60.6. The minimum Gasteiger partial charge on any atom is -0.462 e. The first kappa shape index (κ1) is 91.1. The quantitative estimate of drug-likeness (QED) is 0.0222. The Kier molecular flexibility index (Phi) is 64.6. The molecule has 0 saturated carbocycles. The number of ether oxygens (including phenoxy) is 4. The van der Waals surface area contributed by atoms with Crippen molar-refractivity contribution in [3.8, 4) is 0 Å². The van der Waals surface area contributed by atoms with Gasteiger partial charge in [-0.3, -0.25) is 37.3 Å². The number of unbranched alkanes of at least 4 members (excludes halogenated alkanes) is 43. The highest BCUT2D eigenvalue weighted by Gasteiger charge is 2.30. The monoisotopic (exact) mass is 1370 g/mol. The largest absolute Gasteiger partial charge is 0.472 e. The highest BCUT2D eigenvalue weighted by molar-refractivity contribution is 7.47. The fourth-order valence-corrected chi connectivity index (χ4v) is 12.9. The highest BCUT2D eigenvalue weighted by atomic mass is 31.2. The maximum atomic E-state index is 13.1. The third-order valence-corrected chi connectivity index (χ3v) is 19.1. The molecular weight excluding hydrogens is 1220 g/mol. The Hall–Kier alpha value is -1.94. The van der Waals surface area contributed by atoms with Crippen molar-refractivity contribution in [2.45, 2.75) is 400 Å². The zero-order chi connectivity index (χ0) is 68.6. The number of hydrogen-bond acceptors (Lipinski definition) is 15. The van der Waals surface area contributed by atoms with E-state index in [1.807, 2.05) is 0 Å². The first-order valence-corrected chi connectivity index (χ1v) is 41.5. The molecule has 0 aromatic carbocycles. The van der Waals surface area contributed by atoms with Crippen LogP contribution in [0.15, 0.2) is 0 Å². The summed E-state index contributed by atoms with van der Waals surface area (Å²) >= 11 is 0. The van der Waals surface area contributed by atoms with Crippen LogP contribution in [0.3, 0.4) is 0 Å². The number of phosphoric acid groups is 2. The van der Waals surface area contributed by atoms with Crippen molar-refractivity contribution in [1.29, 1.82) is 0 Å². The molecule has 0 bridgehead atoms. The smallest absolute Gasteiger partial charge is 0.462 e. The number of aliphatic hydroxyl groups is 1. The topological polar surface area (TPSA) is 237 Å². The van der Waals surface area contributed by atoms with E-state index < -0.39 is 97.5 Å². The molecule has 5 atom stereocenters. The SMILES string of the molecule is CCCCCCCCCCCCCCCCC(=O)OC[C@H](COP(=O)(O)OC[C@@H](O)COP(=O)(O)OC[C@@H](COC(=O)CCCCCCCCCCCCC)OC(=O)CCCCCCCCCCC(C)C)OC(=O)CCCCCCCCCCCCCCCCC(C)C. The Labute approximate surface area is 568 Å². The van der Waals surface area contributed by atoms with E-state index in [1.165, 1.54) is 199 Å². The zero-order valence-corrected chi connectivity index (χ0v) is 62.3. The number of aliphatic hydroxyl groups excluding tert-OH is 1. The second-order valence-corrected chi connectivity index (χ2v) is 30.5. The standard InChI is InChI=1S/C74H144O17P2/c1-7-9-11-13-15-17-19-20-24-28-32-39-45-51-57-72(77)85-62-69(90-73(78)58-52-46-40-33-29-25-22-21-23-27-30-36-42-48-54-66(3)4)64-88-92(80,81)86-60-68(75)61-87-93(82,83)89-65-70(91-74(79)59-53-47-41-35-34-37-43-49-55-67(5)6)63-84-71(76)56-50-44-38-31-26-18-16-14-12-10-8-2/h66-70,75H,7-65H2,1-6H3,(H,80,81)(H,82,83)/t68-,69-,70-/m1/s1. The molecule has 0 aromatic heterocycles. The van der Waals surface area contributed by atoms with Crippen LogP contribution in [-0.2, 0) is 65.4 Å². The predicted molar refractivity (Wildman–Crippen MR) is 377 cm³/mol. The number of rotatable bonds is 73. The van der Waals surface area contributed by atoms with Gasteiger partial charge in [-0.1, -0.05) is 330 Å². The third kappa shape index (κ3) is 68.4. The van der Waals surface area contributed by atoms with Crippen molar-refractivity contribution in [2.24, 2.45) is 11.8 Å². The van der Waals surface area contributed by atoms with Gasteiger partial charge in [0, 0.05) is 25.7 Å². The number of carbonyl (C=O) groups is 4. The van der Waals surface area contributed by atoms with Crippen LogP contribution in [0.5, 0.6) is 0 Å². The van der Waals surface area contributed by atoms with Crippen LogP contribution in [0.1, 0.15) is 382 Å². The van der Waals surface area contributed by atoms with E-state index >= 15 is 0 Å². The summed E-state index contributed by atoms with van der Waals surface area (Å²) in [6, 6.07) is 0. The van der Waals surface area contributed by atoms with Crippen LogP contribution in [0.25, 0.3) is 0 Å². The van der Waals surface area contributed by atoms with Crippen molar-refractivity contribution in [2.75, 3.05) is 39.6 Å². The second-order valence-electron chi connectivity index (χ2n) is 27.6. The van der Waals surface area contributed by atoms with Crippen molar-refractivity contribution in [1.82, 2.24) is 0 Å².